The molecule has 14 heavy (non-hydrogen) atoms. The highest BCUT2D eigenvalue weighted by Crippen LogP contribution is 2.25. The Morgan fingerprint density at radius 2 is 1.86 bits per heavy atom. The van der Waals surface area contributed by atoms with Gasteiger partial charge in [-0.15, -0.1) is 0 Å². The van der Waals surface area contributed by atoms with Gasteiger partial charge in [-0.2, -0.15) is 0 Å². The van der Waals surface area contributed by atoms with E-state index in [0.717, 1.165) is 10.9 Å². The molecular weight excluding hydrogens is 200 g/mol. The Hall–Kier alpha value is -1.22. The minimum absolute atomic E-state index is 0.00519. The summed E-state index contributed by atoms with van der Waals surface area (Å²) in [5.41, 5.74) is 1.69. The fourth-order valence-corrected chi connectivity index (χ4v) is 2.13. The van der Waals surface area contributed by atoms with Gasteiger partial charge in [0.2, 0.25) is 0 Å². The first-order chi connectivity index (χ1) is 6.52. The van der Waals surface area contributed by atoms with Crippen molar-refractivity contribution in [3.8, 4) is 0 Å². The van der Waals surface area contributed by atoms with Crippen LogP contribution < -0.4 is 5.56 Å². The van der Waals surface area contributed by atoms with Crippen LogP contribution >= 0.6 is 11.6 Å². The molecule has 0 spiro atoms. The molecule has 0 aromatic carbocycles. The fraction of sp³-hybridized carbons (Fsp3) is 0.300. The van der Waals surface area contributed by atoms with Crippen LogP contribution in [-0.4, -0.2) is 9.13 Å². The molecule has 4 heteroatoms. The van der Waals surface area contributed by atoms with Crippen LogP contribution in [0, 0.1) is 6.92 Å². The van der Waals surface area contributed by atoms with Gasteiger partial charge in [-0.25, -0.2) is 0 Å². The average molecular weight is 211 g/mol. The van der Waals surface area contributed by atoms with Crippen molar-refractivity contribution in [2.45, 2.75) is 6.92 Å². The molecule has 0 atom stereocenters. The molecule has 3 nitrogen and oxygen atoms in total. The largest absolute Gasteiger partial charge is 0.348 e. The van der Waals surface area contributed by atoms with Gasteiger partial charge in [0.25, 0.3) is 5.56 Å². The first-order valence-electron chi connectivity index (χ1n) is 4.33. The number of rotatable bonds is 0. The molecule has 0 aliphatic carbocycles. The molecule has 0 bridgehead atoms. The SMILES string of the molecule is Cc1c(=O)n(C)cc2c1c(Cl)cn2C. The van der Waals surface area contributed by atoms with Crippen LogP contribution in [0.5, 0.6) is 0 Å². The zero-order chi connectivity index (χ0) is 10.5. The van der Waals surface area contributed by atoms with Crippen LogP contribution in [0.4, 0.5) is 0 Å². The highest BCUT2D eigenvalue weighted by atomic mass is 35.5. The van der Waals surface area contributed by atoms with Gasteiger partial charge in [-0.05, 0) is 6.92 Å². The number of hydrogen-bond donors (Lipinski definition) is 0. The third-order valence-corrected chi connectivity index (χ3v) is 2.80. The number of halogens is 1. The predicted molar refractivity (Wildman–Crippen MR) is 57.9 cm³/mol. The second-order valence-electron chi connectivity index (χ2n) is 3.52. The molecule has 0 N–H and O–H groups in total. The zero-order valence-electron chi connectivity index (χ0n) is 8.34. The molecule has 74 valence electrons. The summed E-state index contributed by atoms with van der Waals surface area (Å²) >= 11 is 6.04. The summed E-state index contributed by atoms with van der Waals surface area (Å²) in [7, 11) is 3.66. The Labute approximate surface area is 86.5 Å². The van der Waals surface area contributed by atoms with Gasteiger partial charge < -0.3 is 9.13 Å². The van der Waals surface area contributed by atoms with Crippen LogP contribution in [0.15, 0.2) is 17.2 Å². The van der Waals surface area contributed by atoms with E-state index in [9.17, 15) is 4.79 Å². The van der Waals surface area contributed by atoms with Gasteiger partial charge >= 0.3 is 0 Å². The van der Waals surface area contributed by atoms with Gasteiger partial charge in [-0.3, -0.25) is 4.79 Å². The number of aromatic nitrogens is 2. The van der Waals surface area contributed by atoms with E-state index < -0.39 is 0 Å². The molecule has 0 fully saturated rings. The van der Waals surface area contributed by atoms with Crippen molar-refractivity contribution in [3.05, 3.63) is 33.3 Å². The Bertz CT molecular complexity index is 565. The fourth-order valence-electron chi connectivity index (χ4n) is 1.74. The van der Waals surface area contributed by atoms with Crippen molar-refractivity contribution in [1.82, 2.24) is 9.13 Å². The van der Waals surface area contributed by atoms with E-state index in [1.54, 1.807) is 24.7 Å². The molecular formula is C10H11ClN2O. The lowest BCUT2D eigenvalue weighted by atomic mass is 10.2. The van der Waals surface area contributed by atoms with Gasteiger partial charge in [0.15, 0.2) is 0 Å². The van der Waals surface area contributed by atoms with Crippen LogP contribution in [0.25, 0.3) is 10.9 Å². The maximum absolute atomic E-state index is 11.6. The third kappa shape index (κ3) is 1.09. The summed E-state index contributed by atoms with van der Waals surface area (Å²) < 4.78 is 3.50. The zero-order valence-corrected chi connectivity index (χ0v) is 9.09. The topological polar surface area (TPSA) is 26.9 Å². The highest BCUT2D eigenvalue weighted by Gasteiger charge is 2.10. The van der Waals surface area contributed by atoms with Crippen LogP contribution in [0.3, 0.4) is 0 Å². The Morgan fingerprint density at radius 1 is 1.21 bits per heavy atom. The number of fused-ring (bicyclic) bond motifs is 1. The summed E-state index contributed by atoms with van der Waals surface area (Å²) in [5.74, 6) is 0. The molecule has 2 rings (SSSR count). The first kappa shape index (κ1) is 9.34. The van der Waals surface area contributed by atoms with Crippen molar-refractivity contribution < 1.29 is 0 Å². The van der Waals surface area contributed by atoms with Gasteiger partial charge in [0.05, 0.1) is 10.5 Å². The maximum Gasteiger partial charge on any atom is 0.253 e. The van der Waals surface area contributed by atoms with E-state index in [-0.39, 0.29) is 5.56 Å². The summed E-state index contributed by atoms with van der Waals surface area (Å²) in [6, 6.07) is 0. The maximum atomic E-state index is 11.6. The molecule has 0 saturated heterocycles. The van der Waals surface area contributed by atoms with E-state index in [4.69, 9.17) is 11.6 Å². The monoisotopic (exact) mass is 210 g/mol. The van der Waals surface area contributed by atoms with Crippen LogP contribution in [0.1, 0.15) is 5.56 Å². The molecule has 0 aliphatic rings. The van der Waals surface area contributed by atoms with Crippen LogP contribution in [0.2, 0.25) is 5.02 Å². The second-order valence-corrected chi connectivity index (χ2v) is 3.93. The van der Waals surface area contributed by atoms with Crippen molar-refractivity contribution in [2.75, 3.05) is 0 Å². The van der Waals surface area contributed by atoms with Crippen molar-refractivity contribution in [3.63, 3.8) is 0 Å². The Morgan fingerprint density at radius 3 is 2.50 bits per heavy atom. The predicted octanol–water partition coefficient (Wildman–Crippen LogP) is 1.84. The lowest BCUT2D eigenvalue weighted by Crippen LogP contribution is -2.18. The number of aryl methyl sites for hydroxylation is 3. The summed E-state index contributed by atoms with van der Waals surface area (Å²) in [6.45, 7) is 1.80. The lowest BCUT2D eigenvalue weighted by molar-refractivity contribution is 0.847. The molecule has 0 aliphatic heterocycles. The Kier molecular flexibility index (Phi) is 1.93. The molecule has 0 saturated carbocycles. The van der Waals surface area contributed by atoms with E-state index >= 15 is 0 Å². The average Bonchev–Trinajstić information content (AvgIpc) is 2.38. The minimum atomic E-state index is 0.00519. The van der Waals surface area contributed by atoms with E-state index in [2.05, 4.69) is 0 Å². The Balaban J connectivity index is 3.09. The first-order valence-corrected chi connectivity index (χ1v) is 4.71. The smallest absolute Gasteiger partial charge is 0.253 e. The van der Waals surface area contributed by atoms with Gasteiger partial charge in [-0.1, -0.05) is 11.6 Å². The highest BCUT2D eigenvalue weighted by molar-refractivity contribution is 6.35. The summed E-state index contributed by atoms with van der Waals surface area (Å²) in [6.07, 6.45) is 3.62. The molecule has 2 aromatic heterocycles. The van der Waals surface area contributed by atoms with E-state index in [0.29, 0.717) is 10.6 Å². The third-order valence-electron chi connectivity index (χ3n) is 2.51. The minimum Gasteiger partial charge on any atom is -0.348 e. The molecule has 2 heterocycles. The molecule has 2 aromatic rings. The van der Waals surface area contributed by atoms with Gasteiger partial charge in [0.1, 0.15) is 0 Å². The molecule has 0 radical (unpaired) electrons. The lowest BCUT2D eigenvalue weighted by Gasteiger charge is -2.03. The van der Waals surface area contributed by atoms with Crippen molar-refractivity contribution in [1.29, 1.82) is 0 Å². The number of pyridine rings is 1. The number of nitrogens with zero attached hydrogens (tertiary/aromatic N) is 2. The summed E-state index contributed by atoms with van der Waals surface area (Å²) in [5, 5.41) is 1.50. The van der Waals surface area contributed by atoms with Crippen molar-refractivity contribution >= 4 is 22.5 Å². The normalized spacial score (nSPS) is 11.1. The number of hydrogen-bond acceptors (Lipinski definition) is 1. The molecule has 0 amide bonds. The standard InChI is InChI=1S/C10H11ClN2O/c1-6-9-7(11)4-12(2)8(9)5-13(3)10(6)14/h4-5H,1-3H3. The molecule has 0 unspecified atom stereocenters. The quantitative estimate of drug-likeness (QED) is 0.652. The van der Waals surface area contributed by atoms with Crippen LogP contribution in [-0.2, 0) is 14.1 Å². The van der Waals surface area contributed by atoms with Crippen molar-refractivity contribution in [2.24, 2.45) is 14.1 Å². The van der Waals surface area contributed by atoms with E-state index in [1.165, 1.54) is 0 Å². The van der Waals surface area contributed by atoms with E-state index in [1.807, 2.05) is 17.8 Å². The summed E-state index contributed by atoms with van der Waals surface area (Å²) in [4.78, 5) is 11.6. The van der Waals surface area contributed by atoms with Gasteiger partial charge in [0, 0.05) is 37.4 Å². The second kappa shape index (κ2) is 2.89.